The zero-order chi connectivity index (χ0) is 28.0. The molecule has 8 nitrogen and oxygen atoms in total. The molecule has 0 spiro atoms. The quantitative estimate of drug-likeness (QED) is 0.187. The minimum atomic E-state index is -0.266. The number of morpholine rings is 1. The van der Waals surface area contributed by atoms with Gasteiger partial charge in [0, 0.05) is 73.7 Å². The van der Waals surface area contributed by atoms with Crippen LogP contribution >= 0.6 is 0 Å². The van der Waals surface area contributed by atoms with E-state index < -0.39 is 0 Å². The van der Waals surface area contributed by atoms with Crippen LogP contribution < -0.4 is 10.6 Å². The first kappa shape index (κ1) is 26.6. The zero-order valence-corrected chi connectivity index (χ0v) is 22.7. The molecule has 3 aromatic carbocycles. The van der Waals surface area contributed by atoms with Crippen LogP contribution in [0.15, 0.2) is 85.5 Å². The van der Waals surface area contributed by atoms with E-state index in [-0.39, 0.29) is 5.82 Å². The number of ether oxygens (including phenoxy) is 1. The van der Waals surface area contributed by atoms with Gasteiger partial charge < -0.3 is 25.3 Å². The van der Waals surface area contributed by atoms with Crippen molar-refractivity contribution in [1.82, 2.24) is 19.4 Å². The van der Waals surface area contributed by atoms with Gasteiger partial charge in [0.25, 0.3) is 0 Å². The second kappa shape index (κ2) is 12.3. The number of nitrogens with one attached hydrogen (secondary N) is 3. The van der Waals surface area contributed by atoms with Gasteiger partial charge in [-0.1, -0.05) is 18.2 Å². The fourth-order valence-corrected chi connectivity index (χ4v) is 5.07. The standard InChI is InChI=1S/C32H32FN7O/c33-27-3-1-2-23(16-27)20-35-30-7-5-28(17-26(30)19-34)38-32-29-18-24(4-6-31(29)36-22-37-32)25-8-9-40(21-25)11-10-39-12-14-41-15-13-39/h1-9,16-19,21-22,34-35H,10-15,20H2,(H,36,37,38). The molecule has 41 heavy (non-hydrogen) atoms. The molecule has 0 bridgehead atoms. The zero-order valence-electron chi connectivity index (χ0n) is 22.7. The summed E-state index contributed by atoms with van der Waals surface area (Å²) in [4.78, 5) is 11.4. The van der Waals surface area contributed by atoms with E-state index in [1.165, 1.54) is 18.3 Å². The number of benzene rings is 3. The normalized spacial score (nSPS) is 13.8. The first-order chi connectivity index (χ1) is 20.1. The van der Waals surface area contributed by atoms with Crippen LogP contribution in [0.25, 0.3) is 22.0 Å². The number of rotatable bonds is 10. The van der Waals surface area contributed by atoms with E-state index in [0.29, 0.717) is 17.9 Å². The predicted octanol–water partition coefficient (Wildman–Crippen LogP) is 5.92. The molecule has 0 atom stereocenters. The number of hydrogen-bond donors (Lipinski definition) is 3. The van der Waals surface area contributed by atoms with Crippen molar-refractivity contribution in [2.45, 2.75) is 13.1 Å². The lowest BCUT2D eigenvalue weighted by atomic mass is 10.1. The predicted molar refractivity (Wildman–Crippen MR) is 162 cm³/mol. The molecule has 0 aliphatic carbocycles. The smallest absolute Gasteiger partial charge is 0.141 e. The van der Waals surface area contributed by atoms with Crippen molar-refractivity contribution in [3.63, 3.8) is 0 Å². The topological polar surface area (TPSA) is 91.1 Å². The Bertz CT molecular complexity index is 1660. The Morgan fingerprint density at radius 3 is 2.71 bits per heavy atom. The van der Waals surface area contributed by atoms with Crippen molar-refractivity contribution in [2.24, 2.45) is 0 Å². The van der Waals surface area contributed by atoms with E-state index in [1.807, 2.05) is 30.3 Å². The highest BCUT2D eigenvalue weighted by Crippen LogP contribution is 2.30. The van der Waals surface area contributed by atoms with Gasteiger partial charge in [0.1, 0.15) is 18.0 Å². The second-order valence-corrected chi connectivity index (χ2v) is 10.1. The first-order valence-corrected chi connectivity index (χ1v) is 13.8. The molecule has 0 amide bonds. The molecule has 6 rings (SSSR count). The monoisotopic (exact) mass is 549 g/mol. The van der Waals surface area contributed by atoms with Crippen LogP contribution in [0.2, 0.25) is 0 Å². The SMILES string of the molecule is N=Cc1cc(Nc2ncnc3ccc(-c4ccn(CCN5CCOCC5)c4)cc23)ccc1NCc1cccc(F)c1. The molecular formula is C32H32FN7O. The number of anilines is 3. The Morgan fingerprint density at radius 2 is 1.85 bits per heavy atom. The van der Waals surface area contributed by atoms with Gasteiger partial charge >= 0.3 is 0 Å². The molecule has 1 aliphatic heterocycles. The van der Waals surface area contributed by atoms with Crippen LogP contribution in [0.4, 0.5) is 21.6 Å². The maximum absolute atomic E-state index is 13.5. The van der Waals surface area contributed by atoms with Crippen molar-refractivity contribution in [1.29, 1.82) is 5.41 Å². The summed E-state index contributed by atoms with van der Waals surface area (Å²) >= 11 is 0. The van der Waals surface area contributed by atoms with Crippen LogP contribution in [-0.4, -0.2) is 58.5 Å². The Labute approximate surface area is 238 Å². The molecule has 208 valence electrons. The molecule has 0 saturated carbocycles. The Balaban J connectivity index is 1.18. The number of hydrogen-bond acceptors (Lipinski definition) is 7. The number of halogens is 1. The second-order valence-electron chi connectivity index (χ2n) is 10.1. The maximum atomic E-state index is 13.5. The summed E-state index contributed by atoms with van der Waals surface area (Å²) in [6, 6.07) is 20.6. The summed E-state index contributed by atoms with van der Waals surface area (Å²) in [6.45, 7) is 6.01. The molecule has 1 aliphatic rings. The lowest BCUT2D eigenvalue weighted by Gasteiger charge is -2.26. The van der Waals surface area contributed by atoms with Gasteiger partial charge in [0.05, 0.1) is 18.7 Å². The largest absolute Gasteiger partial charge is 0.380 e. The van der Waals surface area contributed by atoms with Crippen molar-refractivity contribution >= 4 is 34.3 Å². The number of nitrogens with zero attached hydrogens (tertiary/aromatic N) is 4. The van der Waals surface area contributed by atoms with E-state index in [2.05, 4.69) is 60.7 Å². The van der Waals surface area contributed by atoms with Crippen LogP contribution in [0.1, 0.15) is 11.1 Å². The average Bonchev–Trinajstić information content (AvgIpc) is 3.49. The van der Waals surface area contributed by atoms with Gasteiger partial charge in [-0.3, -0.25) is 4.90 Å². The molecule has 0 radical (unpaired) electrons. The highest BCUT2D eigenvalue weighted by molar-refractivity contribution is 5.94. The summed E-state index contributed by atoms with van der Waals surface area (Å²) in [6.07, 6.45) is 7.17. The third-order valence-corrected chi connectivity index (χ3v) is 7.34. The summed E-state index contributed by atoms with van der Waals surface area (Å²) in [5.41, 5.74) is 6.23. The molecule has 1 saturated heterocycles. The number of fused-ring (bicyclic) bond motifs is 1. The van der Waals surface area contributed by atoms with E-state index in [9.17, 15) is 4.39 Å². The van der Waals surface area contributed by atoms with Crippen LogP contribution in [0.5, 0.6) is 0 Å². The molecule has 3 N–H and O–H groups in total. The van der Waals surface area contributed by atoms with Crippen molar-refractivity contribution in [2.75, 3.05) is 43.5 Å². The van der Waals surface area contributed by atoms with Crippen molar-refractivity contribution < 1.29 is 9.13 Å². The van der Waals surface area contributed by atoms with Crippen LogP contribution in [-0.2, 0) is 17.8 Å². The highest BCUT2D eigenvalue weighted by atomic mass is 19.1. The third kappa shape index (κ3) is 6.42. The van der Waals surface area contributed by atoms with Gasteiger partial charge in [-0.15, -0.1) is 0 Å². The Morgan fingerprint density at radius 1 is 0.951 bits per heavy atom. The fourth-order valence-electron chi connectivity index (χ4n) is 5.07. The Hall–Kier alpha value is -4.60. The van der Waals surface area contributed by atoms with E-state index in [4.69, 9.17) is 10.1 Å². The van der Waals surface area contributed by atoms with Gasteiger partial charge in [0.15, 0.2) is 0 Å². The molecule has 2 aromatic heterocycles. The lowest BCUT2D eigenvalue weighted by Crippen LogP contribution is -2.38. The van der Waals surface area contributed by atoms with Gasteiger partial charge in [-0.25, -0.2) is 14.4 Å². The molecule has 9 heteroatoms. The molecule has 3 heterocycles. The summed E-state index contributed by atoms with van der Waals surface area (Å²) in [5, 5.41) is 15.6. The van der Waals surface area contributed by atoms with Gasteiger partial charge in [0.2, 0.25) is 0 Å². The summed E-state index contributed by atoms with van der Waals surface area (Å²) < 4.78 is 21.2. The molecule has 0 unspecified atom stereocenters. The minimum Gasteiger partial charge on any atom is -0.380 e. The highest BCUT2D eigenvalue weighted by Gasteiger charge is 2.12. The maximum Gasteiger partial charge on any atom is 0.141 e. The van der Waals surface area contributed by atoms with Crippen LogP contribution in [0.3, 0.4) is 0 Å². The van der Waals surface area contributed by atoms with E-state index in [1.54, 1.807) is 12.4 Å². The van der Waals surface area contributed by atoms with E-state index in [0.717, 1.165) is 78.4 Å². The number of aromatic nitrogens is 3. The summed E-state index contributed by atoms with van der Waals surface area (Å²) in [7, 11) is 0. The third-order valence-electron chi connectivity index (χ3n) is 7.34. The minimum absolute atomic E-state index is 0.266. The Kier molecular flexibility index (Phi) is 7.97. The van der Waals surface area contributed by atoms with Gasteiger partial charge in [-0.2, -0.15) is 0 Å². The molecule has 1 fully saturated rings. The van der Waals surface area contributed by atoms with Crippen molar-refractivity contribution in [3.05, 3.63) is 102 Å². The van der Waals surface area contributed by atoms with Gasteiger partial charge in [-0.05, 0) is 65.2 Å². The fraction of sp³-hybridized carbons (Fsp3) is 0.219. The summed E-state index contributed by atoms with van der Waals surface area (Å²) in [5.74, 6) is 0.428. The van der Waals surface area contributed by atoms with Crippen molar-refractivity contribution in [3.8, 4) is 11.1 Å². The average molecular weight is 550 g/mol. The molecule has 5 aromatic rings. The molecular weight excluding hydrogens is 517 g/mol. The first-order valence-electron chi connectivity index (χ1n) is 13.8. The van der Waals surface area contributed by atoms with Crippen LogP contribution in [0, 0.1) is 11.2 Å². The lowest BCUT2D eigenvalue weighted by molar-refractivity contribution is 0.0364. The van der Waals surface area contributed by atoms with E-state index >= 15 is 0 Å².